The zero-order valence-corrected chi connectivity index (χ0v) is 26.7. The summed E-state index contributed by atoms with van der Waals surface area (Å²) in [5.41, 5.74) is 3.27. The highest BCUT2D eigenvalue weighted by Crippen LogP contribution is 2.39. The Kier molecular flexibility index (Phi) is 11.9. The van der Waals surface area contributed by atoms with E-state index in [1.54, 1.807) is 16.8 Å². The molecular weight excluding hydrogens is 593 g/mol. The predicted octanol–water partition coefficient (Wildman–Crippen LogP) is 5.80. The minimum absolute atomic E-state index is 0.0437. The number of nitrogens with zero attached hydrogens (tertiary/aromatic N) is 3. The van der Waals surface area contributed by atoms with Crippen LogP contribution in [0, 0.1) is 25.7 Å². The summed E-state index contributed by atoms with van der Waals surface area (Å²) in [5.74, 6) is 0.837. The number of benzene rings is 1. The number of ether oxygens (including phenoxy) is 1. The van der Waals surface area contributed by atoms with Gasteiger partial charge in [0, 0.05) is 44.6 Å². The third-order valence-corrected chi connectivity index (χ3v) is 9.95. The molecule has 2 N–H and O–H groups in total. The smallest absolute Gasteiger partial charge is 0.389 e. The number of rotatable bonds is 12. The highest BCUT2D eigenvalue weighted by Gasteiger charge is 2.47. The van der Waals surface area contributed by atoms with Gasteiger partial charge in [0.1, 0.15) is 11.4 Å². The molecule has 0 radical (unpaired) electrons. The lowest BCUT2D eigenvalue weighted by Crippen LogP contribution is -2.47. The zero-order chi connectivity index (χ0) is 31.9. The Morgan fingerprint density at radius 1 is 1.18 bits per heavy atom. The first-order valence-corrected chi connectivity index (χ1v) is 16.4. The normalized spacial score (nSPS) is 22.4. The molecule has 0 aromatic heterocycles. The SMILES string of the molecule is CC(=O)N(CCOCCO)c1cc(C)c(/C=C/SN2CCC3(CC2)N=C(C2CCC(CCC(F)(F)F)CC2)NC3=O)c(C)c1. The third-order valence-electron chi connectivity index (χ3n) is 9.03. The zero-order valence-electron chi connectivity index (χ0n) is 25.9. The summed E-state index contributed by atoms with van der Waals surface area (Å²) in [5, 5.41) is 14.0. The molecule has 244 valence electrons. The first-order chi connectivity index (χ1) is 20.9. The maximum Gasteiger partial charge on any atom is 0.389 e. The monoisotopic (exact) mass is 638 g/mol. The maximum atomic E-state index is 13.0. The standard InChI is InChI=1S/C32H45F3N4O4S/c1-22-20-27(39(24(3)41)15-17-43-18-16-40)21-23(2)28(22)9-19-44-38-13-11-31(12-14-38)30(42)36-29(37-31)26-6-4-25(5-7-26)8-10-32(33,34)35/h9,19-21,25-26,40H,4-8,10-18H2,1-3H3,(H,36,37,42)/b19-9+. The van der Waals surface area contributed by atoms with Crippen LogP contribution >= 0.6 is 11.9 Å². The molecule has 12 heteroatoms. The van der Waals surface area contributed by atoms with Gasteiger partial charge >= 0.3 is 6.18 Å². The highest BCUT2D eigenvalue weighted by atomic mass is 32.2. The second-order valence-electron chi connectivity index (χ2n) is 12.2. The lowest BCUT2D eigenvalue weighted by atomic mass is 9.79. The molecule has 4 rings (SSSR count). The van der Waals surface area contributed by atoms with Crippen molar-refractivity contribution in [2.45, 2.75) is 83.9 Å². The van der Waals surface area contributed by atoms with Gasteiger partial charge in [0.15, 0.2) is 0 Å². The van der Waals surface area contributed by atoms with Gasteiger partial charge in [-0.2, -0.15) is 13.2 Å². The van der Waals surface area contributed by atoms with Crippen LogP contribution < -0.4 is 10.2 Å². The van der Waals surface area contributed by atoms with E-state index in [0.29, 0.717) is 39.1 Å². The molecule has 0 atom stereocenters. The van der Waals surface area contributed by atoms with Crippen LogP contribution in [0.3, 0.4) is 0 Å². The van der Waals surface area contributed by atoms with Gasteiger partial charge in [0.05, 0.1) is 19.8 Å². The summed E-state index contributed by atoms with van der Waals surface area (Å²) in [6.07, 6.45) is 1.74. The number of aliphatic hydroxyl groups excluding tert-OH is 1. The second kappa shape index (κ2) is 15.2. The fraction of sp³-hybridized carbons (Fsp3) is 0.656. The van der Waals surface area contributed by atoms with E-state index in [9.17, 15) is 22.8 Å². The summed E-state index contributed by atoms with van der Waals surface area (Å²) < 4.78 is 45.4. The molecule has 1 aromatic carbocycles. The van der Waals surface area contributed by atoms with Gasteiger partial charge in [0.25, 0.3) is 5.91 Å². The van der Waals surface area contributed by atoms with Crippen LogP contribution in [0.2, 0.25) is 0 Å². The van der Waals surface area contributed by atoms with Crippen molar-refractivity contribution in [3.63, 3.8) is 0 Å². The summed E-state index contributed by atoms with van der Waals surface area (Å²) in [6.45, 7) is 7.95. The summed E-state index contributed by atoms with van der Waals surface area (Å²) in [4.78, 5) is 31.9. The molecule has 0 bridgehead atoms. The van der Waals surface area contributed by atoms with Gasteiger partial charge in [-0.25, -0.2) is 4.31 Å². The summed E-state index contributed by atoms with van der Waals surface area (Å²) >= 11 is 1.61. The van der Waals surface area contributed by atoms with Crippen molar-refractivity contribution in [3.05, 3.63) is 34.2 Å². The maximum absolute atomic E-state index is 13.0. The topological polar surface area (TPSA) is 94.5 Å². The van der Waals surface area contributed by atoms with E-state index in [1.165, 1.54) is 6.92 Å². The van der Waals surface area contributed by atoms with Gasteiger partial charge in [-0.3, -0.25) is 14.6 Å². The van der Waals surface area contributed by atoms with Crippen LogP contribution in [0.1, 0.15) is 75.0 Å². The van der Waals surface area contributed by atoms with Crippen LogP contribution in [0.25, 0.3) is 6.08 Å². The number of hydrogen-bond donors (Lipinski definition) is 2. The Balaban J connectivity index is 1.28. The van der Waals surface area contributed by atoms with E-state index in [1.807, 2.05) is 26.0 Å². The summed E-state index contributed by atoms with van der Waals surface area (Å²) in [7, 11) is 0. The minimum atomic E-state index is -4.10. The van der Waals surface area contributed by atoms with E-state index < -0.39 is 18.1 Å². The average molecular weight is 639 g/mol. The number of aliphatic imine (C=N–C) groups is 1. The quantitative estimate of drug-likeness (QED) is 0.222. The molecule has 1 saturated carbocycles. The number of carbonyl (C=O) groups excluding carboxylic acids is 2. The Morgan fingerprint density at radius 2 is 1.84 bits per heavy atom. The molecule has 1 aliphatic carbocycles. The van der Waals surface area contributed by atoms with E-state index in [2.05, 4.69) is 21.1 Å². The molecule has 8 nitrogen and oxygen atoms in total. The number of aliphatic hydroxyl groups is 1. The number of carbonyl (C=O) groups is 2. The number of nitrogens with one attached hydrogen (secondary N) is 1. The number of amides is 2. The molecule has 2 aliphatic heterocycles. The second-order valence-corrected chi connectivity index (χ2v) is 13.2. The Labute approximate surface area is 262 Å². The van der Waals surface area contributed by atoms with Gasteiger partial charge in [-0.1, -0.05) is 11.9 Å². The molecule has 1 saturated heterocycles. The fourth-order valence-electron chi connectivity index (χ4n) is 6.47. The first kappa shape index (κ1) is 34.5. The van der Waals surface area contributed by atoms with Crippen LogP contribution in [0.4, 0.5) is 18.9 Å². The lowest BCUT2D eigenvalue weighted by molar-refractivity contribution is -0.138. The number of alkyl halides is 3. The molecule has 2 fully saturated rings. The molecular formula is C32H45F3N4O4S. The fourth-order valence-corrected chi connectivity index (χ4v) is 7.24. The number of halogens is 3. The Morgan fingerprint density at radius 3 is 2.43 bits per heavy atom. The van der Waals surface area contributed by atoms with Crippen LogP contribution in [0.15, 0.2) is 22.5 Å². The summed E-state index contributed by atoms with van der Waals surface area (Å²) in [6, 6.07) is 4.00. The Hall–Kier alpha value is -2.41. The molecule has 1 aromatic rings. The van der Waals surface area contributed by atoms with Crippen molar-refractivity contribution in [1.82, 2.24) is 9.62 Å². The van der Waals surface area contributed by atoms with E-state index in [4.69, 9.17) is 14.8 Å². The van der Waals surface area contributed by atoms with Crippen molar-refractivity contribution in [2.75, 3.05) is 44.4 Å². The van der Waals surface area contributed by atoms with Crippen molar-refractivity contribution in [3.8, 4) is 0 Å². The van der Waals surface area contributed by atoms with E-state index in [0.717, 1.165) is 53.9 Å². The molecule has 3 aliphatic rings. The first-order valence-electron chi connectivity index (χ1n) is 15.5. The van der Waals surface area contributed by atoms with Crippen molar-refractivity contribution < 1.29 is 32.6 Å². The van der Waals surface area contributed by atoms with Gasteiger partial charge in [0.2, 0.25) is 5.91 Å². The molecule has 2 heterocycles. The largest absolute Gasteiger partial charge is 0.394 e. The molecule has 2 amide bonds. The number of hydrogen-bond acceptors (Lipinski definition) is 7. The minimum Gasteiger partial charge on any atom is -0.394 e. The molecule has 1 spiro atoms. The number of aryl methyl sites for hydroxylation is 2. The predicted molar refractivity (Wildman–Crippen MR) is 168 cm³/mol. The number of anilines is 1. The van der Waals surface area contributed by atoms with Crippen LogP contribution in [-0.2, 0) is 14.3 Å². The molecule has 0 unspecified atom stereocenters. The van der Waals surface area contributed by atoms with Gasteiger partial charge in [-0.15, -0.1) is 0 Å². The van der Waals surface area contributed by atoms with Gasteiger partial charge in [-0.05, 0) is 105 Å². The van der Waals surface area contributed by atoms with Crippen molar-refractivity contribution >= 4 is 41.4 Å². The third kappa shape index (κ3) is 9.08. The van der Waals surface area contributed by atoms with E-state index >= 15 is 0 Å². The molecule has 44 heavy (non-hydrogen) atoms. The highest BCUT2D eigenvalue weighted by molar-refractivity contribution is 8.00. The van der Waals surface area contributed by atoms with Crippen LogP contribution in [0.5, 0.6) is 0 Å². The van der Waals surface area contributed by atoms with Crippen molar-refractivity contribution in [1.29, 1.82) is 0 Å². The average Bonchev–Trinajstić information content (AvgIpc) is 3.29. The number of piperidine rings is 1. The van der Waals surface area contributed by atoms with Crippen molar-refractivity contribution in [2.24, 2.45) is 16.8 Å². The van der Waals surface area contributed by atoms with Gasteiger partial charge < -0.3 is 20.1 Å². The lowest BCUT2D eigenvalue weighted by Gasteiger charge is -2.34. The number of amidine groups is 1. The van der Waals surface area contributed by atoms with E-state index in [-0.39, 0.29) is 43.3 Å². The van der Waals surface area contributed by atoms with Crippen LogP contribution in [-0.4, -0.2) is 78.2 Å². The Bertz CT molecular complexity index is 1200.